The van der Waals surface area contributed by atoms with Crippen molar-refractivity contribution in [3.8, 4) is 11.4 Å². The van der Waals surface area contributed by atoms with Crippen LogP contribution < -0.4 is 5.56 Å². The molecule has 164 valence electrons. The van der Waals surface area contributed by atoms with Crippen LogP contribution in [0.4, 0.5) is 0 Å². The molecule has 8 nitrogen and oxygen atoms in total. The van der Waals surface area contributed by atoms with Crippen LogP contribution in [-0.2, 0) is 29.1 Å². The number of ether oxygens (including phenoxy) is 1. The maximum absolute atomic E-state index is 12.9. The van der Waals surface area contributed by atoms with Crippen LogP contribution in [0.25, 0.3) is 22.4 Å². The first-order valence-electron chi connectivity index (χ1n) is 10.7. The van der Waals surface area contributed by atoms with Crippen LogP contribution in [0.3, 0.4) is 0 Å². The van der Waals surface area contributed by atoms with E-state index in [4.69, 9.17) is 9.26 Å². The molecule has 0 amide bonds. The van der Waals surface area contributed by atoms with Gasteiger partial charge < -0.3 is 13.8 Å². The summed E-state index contributed by atoms with van der Waals surface area (Å²) in [7, 11) is 0. The molecule has 2 aromatic carbocycles. The summed E-state index contributed by atoms with van der Waals surface area (Å²) >= 11 is 0. The molecule has 0 radical (unpaired) electrons. The van der Waals surface area contributed by atoms with Gasteiger partial charge in [-0.15, -0.1) is 0 Å². The normalized spacial score (nSPS) is 11.0. The van der Waals surface area contributed by atoms with Crippen LogP contribution in [0, 0.1) is 0 Å². The number of benzene rings is 2. The second-order valence-electron chi connectivity index (χ2n) is 7.40. The highest BCUT2D eigenvalue weighted by atomic mass is 16.6. The van der Waals surface area contributed by atoms with E-state index in [1.807, 2.05) is 54.6 Å². The van der Waals surface area contributed by atoms with Crippen molar-refractivity contribution in [2.24, 2.45) is 0 Å². The molecule has 8 heteroatoms. The number of aromatic nitrogens is 4. The zero-order valence-electron chi connectivity index (χ0n) is 17.9. The fourth-order valence-electron chi connectivity index (χ4n) is 3.40. The first-order chi connectivity index (χ1) is 15.7. The fraction of sp³-hybridized carbons (Fsp3) is 0.292. The summed E-state index contributed by atoms with van der Waals surface area (Å²) in [5.74, 6) is 0.187. The monoisotopic (exact) mass is 432 g/mol. The first kappa shape index (κ1) is 21.4. The Morgan fingerprint density at radius 1 is 1.06 bits per heavy atom. The third-order valence-corrected chi connectivity index (χ3v) is 5.08. The van der Waals surface area contributed by atoms with Crippen molar-refractivity contribution in [2.45, 2.75) is 45.8 Å². The van der Waals surface area contributed by atoms with Crippen molar-refractivity contribution in [3.05, 3.63) is 76.5 Å². The molecular formula is C24H24N4O4. The van der Waals surface area contributed by atoms with Crippen LogP contribution in [0.2, 0.25) is 0 Å². The second kappa shape index (κ2) is 10.00. The van der Waals surface area contributed by atoms with Crippen molar-refractivity contribution in [1.29, 1.82) is 0 Å². The van der Waals surface area contributed by atoms with E-state index >= 15 is 0 Å². The van der Waals surface area contributed by atoms with Crippen molar-refractivity contribution >= 4 is 17.0 Å². The third kappa shape index (κ3) is 4.91. The molecule has 0 unspecified atom stereocenters. The molecule has 0 spiro atoms. The smallest absolute Gasteiger partial charge is 0.306 e. The number of para-hydroxylation sites is 2. The van der Waals surface area contributed by atoms with Gasteiger partial charge in [0, 0.05) is 18.5 Å². The Bertz CT molecular complexity index is 1260. The summed E-state index contributed by atoms with van der Waals surface area (Å²) in [6, 6.07) is 16.9. The van der Waals surface area contributed by atoms with Crippen LogP contribution in [0.1, 0.15) is 37.8 Å². The highest BCUT2D eigenvalue weighted by molar-refractivity contribution is 5.75. The molecule has 0 atom stereocenters. The minimum Gasteiger partial charge on any atom is -0.456 e. The lowest BCUT2D eigenvalue weighted by Crippen LogP contribution is -2.26. The molecule has 0 aliphatic heterocycles. The van der Waals surface area contributed by atoms with E-state index in [0.29, 0.717) is 18.1 Å². The van der Waals surface area contributed by atoms with Gasteiger partial charge in [0.2, 0.25) is 5.82 Å². The zero-order valence-corrected chi connectivity index (χ0v) is 17.9. The summed E-state index contributed by atoms with van der Waals surface area (Å²) in [6.07, 6.45) is 2.11. The third-order valence-electron chi connectivity index (χ3n) is 5.08. The number of aryl methyl sites for hydroxylation is 2. The Hall–Kier alpha value is -3.81. The number of carbonyl (C=O) groups is 1. The van der Waals surface area contributed by atoms with Gasteiger partial charge in [0.15, 0.2) is 6.61 Å². The zero-order chi connectivity index (χ0) is 22.3. The van der Waals surface area contributed by atoms with Crippen molar-refractivity contribution in [3.63, 3.8) is 0 Å². The van der Waals surface area contributed by atoms with Gasteiger partial charge in [-0.2, -0.15) is 4.98 Å². The Balaban J connectivity index is 1.39. The number of carbonyl (C=O) groups excluding carboxylic acids is 1. The van der Waals surface area contributed by atoms with E-state index in [0.717, 1.165) is 29.4 Å². The maximum Gasteiger partial charge on any atom is 0.306 e. The molecule has 4 rings (SSSR count). The van der Waals surface area contributed by atoms with Gasteiger partial charge in [-0.25, -0.2) is 4.98 Å². The molecule has 0 saturated carbocycles. The van der Waals surface area contributed by atoms with Crippen molar-refractivity contribution in [1.82, 2.24) is 19.7 Å². The van der Waals surface area contributed by atoms with E-state index in [-0.39, 0.29) is 30.9 Å². The molecule has 0 aliphatic rings. The lowest BCUT2D eigenvalue weighted by molar-refractivity contribution is -0.145. The summed E-state index contributed by atoms with van der Waals surface area (Å²) in [5.41, 5.74) is 2.57. The molecule has 0 saturated heterocycles. The molecular weight excluding hydrogens is 408 g/mol. The van der Waals surface area contributed by atoms with Crippen LogP contribution in [-0.4, -0.2) is 25.7 Å². The standard InChI is InChI=1S/C24H24N4O4/c1-2-3-15-28-20-12-8-7-11-18(20)25-19(24(28)30)13-14-22(29)31-16-21-26-23(27-32-21)17-9-5-4-6-10-17/h4-12H,2-3,13-16H2,1H3. The van der Waals surface area contributed by atoms with Gasteiger partial charge in [0.1, 0.15) is 5.69 Å². The molecule has 2 aromatic heterocycles. The van der Waals surface area contributed by atoms with Crippen LogP contribution >= 0.6 is 0 Å². The summed E-state index contributed by atoms with van der Waals surface area (Å²) in [6.45, 7) is 2.58. The lowest BCUT2D eigenvalue weighted by Gasteiger charge is -2.11. The molecule has 4 aromatic rings. The van der Waals surface area contributed by atoms with Gasteiger partial charge in [0.05, 0.1) is 17.5 Å². The van der Waals surface area contributed by atoms with Gasteiger partial charge >= 0.3 is 5.97 Å². The number of hydrogen-bond donors (Lipinski definition) is 0. The number of rotatable bonds is 9. The Morgan fingerprint density at radius 3 is 2.66 bits per heavy atom. The quantitative estimate of drug-likeness (QED) is 0.370. The molecule has 2 heterocycles. The summed E-state index contributed by atoms with van der Waals surface area (Å²) < 4.78 is 12.1. The average molecular weight is 432 g/mol. The highest BCUT2D eigenvalue weighted by Gasteiger charge is 2.14. The topological polar surface area (TPSA) is 100 Å². The molecule has 0 aliphatic carbocycles. The van der Waals surface area contributed by atoms with Gasteiger partial charge in [-0.1, -0.05) is 61.0 Å². The average Bonchev–Trinajstić information content (AvgIpc) is 3.31. The maximum atomic E-state index is 12.9. The highest BCUT2D eigenvalue weighted by Crippen LogP contribution is 2.15. The van der Waals surface area contributed by atoms with E-state index in [2.05, 4.69) is 22.0 Å². The summed E-state index contributed by atoms with van der Waals surface area (Å²) in [4.78, 5) is 33.9. The lowest BCUT2D eigenvalue weighted by atomic mass is 10.2. The SMILES string of the molecule is CCCCn1c(=O)c(CCC(=O)OCc2nc(-c3ccccc3)no2)nc2ccccc21. The van der Waals surface area contributed by atoms with E-state index in [1.165, 1.54) is 0 Å². The number of esters is 1. The largest absolute Gasteiger partial charge is 0.456 e. The van der Waals surface area contributed by atoms with E-state index in [1.54, 1.807) is 4.57 Å². The van der Waals surface area contributed by atoms with Crippen LogP contribution in [0.5, 0.6) is 0 Å². The van der Waals surface area contributed by atoms with E-state index in [9.17, 15) is 9.59 Å². The summed E-state index contributed by atoms with van der Waals surface area (Å²) in [5, 5.41) is 3.90. The first-order valence-corrected chi connectivity index (χ1v) is 10.7. The number of nitrogens with zero attached hydrogens (tertiary/aromatic N) is 4. The fourth-order valence-corrected chi connectivity index (χ4v) is 3.40. The van der Waals surface area contributed by atoms with E-state index < -0.39 is 5.97 Å². The molecule has 0 fully saturated rings. The number of hydrogen-bond acceptors (Lipinski definition) is 7. The van der Waals surface area contributed by atoms with Gasteiger partial charge in [-0.3, -0.25) is 9.59 Å². The van der Waals surface area contributed by atoms with Crippen molar-refractivity contribution < 1.29 is 14.1 Å². The molecule has 0 N–H and O–H groups in total. The second-order valence-corrected chi connectivity index (χ2v) is 7.40. The molecule has 0 bridgehead atoms. The number of fused-ring (bicyclic) bond motifs is 1. The Labute approximate surface area is 184 Å². The van der Waals surface area contributed by atoms with Crippen molar-refractivity contribution in [2.75, 3.05) is 0 Å². The van der Waals surface area contributed by atoms with Gasteiger partial charge in [0.25, 0.3) is 11.4 Å². The van der Waals surface area contributed by atoms with Crippen LogP contribution in [0.15, 0.2) is 63.9 Å². The Kier molecular flexibility index (Phi) is 6.69. The minimum atomic E-state index is -0.459. The van der Waals surface area contributed by atoms with Gasteiger partial charge in [-0.05, 0) is 18.6 Å². The minimum absolute atomic E-state index is 0.0358. The number of unbranched alkanes of at least 4 members (excludes halogenated alkanes) is 1. The predicted molar refractivity (Wildman–Crippen MR) is 119 cm³/mol. The molecule has 32 heavy (non-hydrogen) atoms. The predicted octanol–water partition coefficient (Wildman–Crippen LogP) is 3.92. The Morgan fingerprint density at radius 2 is 1.84 bits per heavy atom.